The molecule has 1 heterocycles. The van der Waals surface area contributed by atoms with Crippen molar-refractivity contribution in [1.29, 1.82) is 0 Å². The van der Waals surface area contributed by atoms with Gasteiger partial charge in [-0.2, -0.15) is 0 Å². The summed E-state index contributed by atoms with van der Waals surface area (Å²) in [6.45, 7) is 0.616. The van der Waals surface area contributed by atoms with Crippen molar-refractivity contribution in [2.75, 3.05) is 17.2 Å². The van der Waals surface area contributed by atoms with Crippen molar-refractivity contribution in [3.63, 3.8) is 0 Å². The van der Waals surface area contributed by atoms with E-state index < -0.39 is 6.10 Å². The Hall–Kier alpha value is -2.86. The second-order valence-corrected chi connectivity index (χ2v) is 7.57. The first-order valence-corrected chi connectivity index (χ1v) is 10.3. The van der Waals surface area contributed by atoms with Gasteiger partial charge >= 0.3 is 0 Å². The molecule has 2 aromatic carbocycles. The van der Waals surface area contributed by atoms with Crippen molar-refractivity contribution in [2.24, 2.45) is 0 Å². The molecule has 0 spiro atoms. The van der Waals surface area contributed by atoms with E-state index in [1.165, 1.54) is 12.8 Å². The van der Waals surface area contributed by atoms with Crippen LogP contribution in [0.2, 0.25) is 0 Å². The molecule has 29 heavy (non-hydrogen) atoms. The van der Waals surface area contributed by atoms with E-state index in [0.717, 1.165) is 31.4 Å². The Balaban J connectivity index is 1.34. The first-order chi connectivity index (χ1) is 14.2. The zero-order valence-corrected chi connectivity index (χ0v) is 16.4. The smallest absolute Gasteiger partial charge is 0.255 e. The fourth-order valence-corrected chi connectivity index (χ4v) is 3.76. The monoisotopic (exact) mass is 394 g/mol. The molecule has 2 aliphatic rings. The molecule has 2 amide bonds. The SMILES string of the molecule is O=C(Nc1ccc(OC2CCCC2)cc1)c1cccc(NC(=O)C2CCCO2)c1. The first kappa shape index (κ1) is 19.5. The molecule has 1 unspecified atom stereocenters. The van der Waals surface area contributed by atoms with E-state index in [0.29, 0.717) is 29.6 Å². The molecular weight excluding hydrogens is 368 g/mol. The number of amides is 2. The van der Waals surface area contributed by atoms with Crippen LogP contribution in [0.4, 0.5) is 11.4 Å². The predicted octanol–water partition coefficient (Wildman–Crippen LogP) is 4.38. The maximum Gasteiger partial charge on any atom is 0.255 e. The molecule has 152 valence electrons. The fourth-order valence-electron chi connectivity index (χ4n) is 3.76. The van der Waals surface area contributed by atoms with Gasteiger partial charge in [-0.3, -0.25) is 9.59 Å². The maximum absolute atomic E-state index is 12.6. The Kier molecular flexibility index (Phi) is 6.10. The normalized spacial score (nSPS) is 19.1. The second kappa shape index (κ2) is 9.09. The topological polar surface area (TPSA) is 76.7 Å². The van der Waals surface area contributed by atoms with Crippen LogP contribution in [0.25, 0.3) is 0 Å². The van der Waals surface area contributed by atoms with Gasteiger partial charge < -0.3 is 20.1 Å². The standard InChI is InChI=1S/C23H26N2O4/c26-22(24-17-10-12-20(13-11-17)29-19-7-1-2-8-19)16-5-3-6-18(15-16)25-23(27)21-9-4-14-28-21/h3,5-6,10-13,15,19,21H,1-2,4,7-9,14H2,(H,24,26)(H,25,27). The van der Waals surface area contributed by atoms with Crippen LogP contribution in [0.1, 0.15) is 48.9 Å². The highest BCUT2D eigenvalue weighted by Crippen LogP contribution is 2.25. The van der Waals surface area contributed by atoms with Gasteiger partial charge in [0.1, 0.15) is 11.9 Å². The lowest BCUT2D eigenvalue weighted by molar-refractivity contribution is -0.124. The largest absolute Gasteiger partial charge is 0.490 e. The Labute approximate surface area is 170 Å². The summed E-state index contributed by atoms with van der Waals surface area (Å²) in [7, 11) is 0. The molecule has 0 aromatic heterocycles. The van der Waals surface area contributed by atoms with E-state index in [-0.39, 0.29) is 11.8 Å². The van der Waals surface area contributed by atoms with Gasteiger partial charge in [0.15, 0.2) is 0 Å². The molecule has 1 atom stereocenters. The Morgan fingerprint density at radius 2 is 1.69 bits per heavy atom. The third kappa shape index (κ3) is 5.15. The van der Waals surface area contributed by atoms with Crippen LogP contribution in [0, 0.1) is 0 Å². The average molecular weight is 394 g/mol. The third-order valence-corrected chi connectivity index (χ3v) is 5.33. The molecule has 1 saturated heterocycles. The molecule has 2 aromatic rings. The fraction of sp³-hybridized carbons (Fsp3) is 0.391. The summed E-state index contributed by atoms with van der Waals surface area (Å²) in [5.41, 5.74) is 1.75. The summed E-state index contributed by atoms with van der Waals surface area (Å²) in [4.78, 5) is 24.8. The molecule has 1 aliphatic heterocycles. The Morgan fingerprint density at radius 1 is 0.897 bits per heavy atom. The average Bonchev–Trinajstić information content (AvgIpc) is 3.44. The number of hydrogen-bond acceptors (Lipinski definition) is 4. The number of ether oxygens (including phenoxy) is 2. The molecule has 1 aliphatic carbocycles. The van der Waals surface area contributed by atoms with Gasteiger partial charge in [0.2, 0.25) is 0 Å². The summed E-state index contributed by atoms with van der Waals surface area (Å²) in [5, 5.41) is 5.71. The van der Waals surface area contributed by atoms with Crippen LogP contribution in [-0.2, 0) is 9.53 Å². The van der Waals surface area contributed by atoms with Crippen molar-refractivity contribution in [2.45, 2.75) is 50.7 Å². The van der Waals surface area contributed by atoms with E-state index in [1.807, 2.05) is 24.3 Å². The second-order valence-electron chi connectivity index (χ2n) is 7.57. The maximum atomic E-state index is 12.6. The zero-order chi connectivity index (χ0) is 20.1. The molecule has 2 N–H and O–H groups in total. The highest BCUT2D eigenvalue weighted by Gasteiger charge is 2.23. The summed E-state index contributed by atoms with van der Waals surface area (Å²) in [6.07, 6.45) is 6.20. The minimum atomic E-state index is -0.405. The highest BCUT2D eigenvalue weighted by atomic mass is 16.5. The van der Waals surface area contributed by atoms with E-state index in [4.69, 9.17) is 9.47 Å². The lowest BCUT2D eigenvalue weighted by atomic mass is 10.1. The van der Waals surface area contributed by atoms with Crippen molar-refractivity contribution in [1.82, 2.24) is 0 Å². The van der Waals surface area contributed by atoms with Crippen molar-refractivity contribution >= 4 is 23.2 Å². The number of benzene rings is 2. The van der Waals surface area contributed by atoms with Crippen LogP contribution in [0.15, 0.2) is 48.5 Å². The van der Waals surface area contributed by atoms with Gasteiger partial charge in [0.05, 0.1) is 6.10 Å². The number of anilines is 2. The van der Waals surface area contributed by atoms with Crippen LogP contribution in [-0.4, -0.2) is 30.6 Å². The van der Waals surface area contributed by atoms with E-state index in [2.05, 4.69) is 10.6 Å². The molecule has 6 nitrogen and oxygen atoms in total. The first-order valence-electron chi connectivity index (χ1n) is 10.3. The predicted molar refractivity (Wildman–Crippen MR) is 111 cm³/mol. The van der Waals surface area contributed by atoms with Gasteiger partial charge in [-0.05, 0) is 81.0 Å². The van der Waals surface area contributed by atoms with E-state index in [1.54, 1.807) is 24.3 Å². The Morgan fingerprint density at radius 3 is 2.41 bits per heavy atom. The summed E-state index contributed by atoms with van der Waals surface area (Å²) in [6, 6.07) is 14.3. The quantitative estimate of drug-likeness (QED) is 0.762. The number of rotatable bonds is 6. The summed E-state index contributed by atoms with van der Waals surface area (Å²) >= 11 is 0. The molecule has 0 bridgehead atoms. The molecule has 4 rings (SSSR count). The van der Waals surface area contributed by atoms with Crippen molar-refractivity contribution in [3.05, 3.63) is 54.1 Å². The number of carbonyl (C=O) groups excluding carboxylic acids is 2. The van der Waals surface area contributed by atoms with Gasteiger partial charge in [-0.25, -0.2) is 0 Å². The van der Waals surface area contributed by atoms with Crippen LogP contribution in [0.5, 0.6) is 5.75 Å². The lowest BCUT2D eigenvalue weighted by Gasteiger charge is -2.14. The number of hydrogen-bond donors (Lipinski definition) is 2. The molecule has 0 radical (unpaired) electrons. The molecule has 1 saturated carbocycles. The van der Waals surface area contributed by atoms with Gasteiger partial charge in [0, 0.05) is 23.5 Å². The van der Waals surface area contributed by atoms with Gasteiger partial charge in [0.25, 0.3) is 11.8 Å². The van der Waals surface area contributed by atoms with Crippen molar-refractivity contribution < 1.29 is 19.1 Å². The van der Waals surface area contributed by atoms with Crippen LogP contribution in [0.3, 0.4) is 0 Å². The third-order valence-electron chi connectivity index (χ3n) is 5.33. The zero-order valence-electron chi connectivity index (χ0n) is 16.4. The highest BCUT2D eigenvalue weighted by molar-refractivity contribution is 6.05. The van der Waals surface area contributed by atoms with Crippen LogP contribution < -0.4 is 15.4 Å². The van der Waals surface area contributed by atoms with E-state index in [9.17, 15) is 9.59 Å². The molecular formula is C23H26N2O4. The van der Waals surface area contributed by atoms with Crippen LogP contribution >= 0.6 is 0 Å². The molecule has 6 heteroatoms. The number of carbonyl (C=O) groups is 2. The summed E-state index contributed by atoms with van der Waals surface area (Å²) < 4.78 is 11.3. The van der Waals surface area contributed by atoms with Gasteiger partial charge in [-0.1, -0.05) is 6.07 Å². The Bertz CT molecular complexity index is 853. The minimum Gasteiger partial charge on any atom is -0.490 e. The van der Waals surface area contributed by atoms with Crippen molar-refractivity contribution in [3.8, 4) is 5.75 Å². The lowest BCUT2D eigenvalue weighted by Crippen LogP contribution is -2.27. The van der Waals surface area contributed by atoms with Gasteiger partial charge in [-0.15, -0.1) is 0 Å². The molecule has 2 fully saturated rings. The minimum absolute atomic E-state index is 0.169. The number of nitrogens with one attached hydrogen (secondary N) is 2. The van der Waals surface area contributed by atoms with E-state index >= 15 is 0 Å². The summed E-state index contributed by atoms with van der Waals surface area (Å²) in [5.74, 6) is 0.425.